The first-order valence-corrected chi connectivity index (χ1v) is 30.8. The van der Waals surface area contributed by atoms with E-state index < -0.39 is 198 Å². The van der Waals surface area contributed by atoms with Gasteiger partial charge in [0.2, 0.25) is 0 Å². The molecule has 86 heavy (non-hydrogen) atoms. The number of ether oxygens (including phenoxy) is 11. The third-order valence-electron chi connectivity index (χ3n) is 22.2. The summed E-state index contributed by atoms with van der Waals surface area (Å²) in [6, 6.07) is 0. The van der Waals surface area contributed by atoms with Crippen LogP contribution in [0.4, 0.5) is 0 Å². The molecule has 0 bridgehead atoms. The highest BCUT2D eigenvalue weighted by atomic mass is 16.8. The molecule has 10 rings (SSSR count). The first-order chi connectivity index (χ1) is 40.6. The van der Waals surface area contributed by atoms with E-state index in [1.165, 1.54) is 0 Å². The average Bonchev–Trinajstić information content (AvgIpc) is 1.53. The molecule has 29 nitrogen and oxygen atoms in total. The van der Waals surface area contributed by atoms with Gasteiger partial charge in [-0.25, -0.2) is 0 Å². The third kappa shape index (κ3) is 12.2. The maximum atomic E-state index is 12.2. The van der Waals surface area contributed by atoms with E-state index in [1.807, 2.05) is 6.92 Å². The van der Waals surface area contributed by atoms with Gasteiger partial charge in [-0.05, 0) is 105 Å². The Morgan fingerprint density at radius 1 is 0.500 bits per heavy atom. The minimum absolute atomic E-state index is 0.0557. The molecule has 38 atom stereocenters. The molecule has 0 amide bonds. The van der Waals surface area contributed by atoms with Gasteiger partial charge in [-0.1, -0.05) is 27.7 Å². The van der Waals surface area contributed by atoms with Crippen molar-refractivity contribution in [2.75, 3.05) is 33.0 Å². The lowest BCUT2D eigenvalue weighted by Gasteiger charge is -2.62. The molecule has 0 spiro atoms. The number of fused-ring (bicyclic) bond motifs is 7. The molecule has 10 fully saturated rings. The third-order valence-corrected chi connectivity index (χ3v) is 22.2. The van der Waals surface area contributed by atoms with Crippen molar-refractivity contribution in [3.63, 3.8) is 0 Å². The molecule has 0 aromatic rings. The Kier molecular flexibility index (Phi) is 21.0. The lowest BCUT2D eigenvalue weighted by molar-refractivity contribution is -0.407. The van der Waals surface area contributed by atoms with Crippen LogP contribution in [0.1, 0.15) is 92.4 Å². The number of hydrogen-bond acceptors (Lipinski definition) is 29. The van der Waals surface area contributed by atoms with Gasteiger partial charge in [0.25, 0.3) is 0 Å². The zero-order valence-corrected chi connectivity index (χ0v) is 49.1. The molecule has 0 aromatic carbocycles. The van der Waals surface area contributed by atoms with Gasteiger partial charge in [0, 0.05) is 12.3 Å². The molecule has 4 saturated carbocycles. The van der Waals surface area contributed by atoms with Crippen molar-refractivity contribution in [1.29, 1.82) is 0 Å². The zero-order valence-electron chi connectivity index (χ0n) is 49.1. The Labute approximate surface area is 498 Å². The normalized spacial score (nSPS) is 56.1. The van der Waals surface area contributed by atoms with Crippen LogP contribution in [0, 0.1) is 52.3 Å². The van der Waals surface area contributed by atoms with Gasteiger partial charge in [-0.3, -0.25) is 0 Å². The number of aliphatic hydroxyl groups excluding tert-OH is 17. The molecule has 6 saturated heterocycles. The minimum atomic E-state index is -2.08. The molecule has 0 radical (unpaired) electrons. The van der Waals surface area contributed by atoms with Crippen LogP contribution < -0.4 is 0 Å². The van der Waals surface area contributed by atoms with Crippen LogP contribution >= 0.6 is 0 Å². The highest BCUT2D eigenvalue weighted by molar-refractivity contribution is 5.16. The first-order valence-electron chi connectivity index (χ1n) is 30.8. The molecule has 6 aliphatic heterocycles. The van der Waals surface area contributed by atoms with Gasteiger partial charge in [0.15, 0.2) is 37.2 Å². The Morgan fingerprint density at radius 2 is 1.02 bits per heavy atom. The topological polar surface area (TPSA) is 466 Å². The van der Waals surface area contributed by atoms with Gasteiger partial charge < -0.3 is 144 Å². The van der Waals surface area contributed by atoms with Gasteiger partial charge in [-0.15, -0.1) is 0 Å². The highest BCUT2D eigenvalue weighted by Gasteiger charge is 2.69. The molecule has 18 N–H and O–H groups in total. The predicted molar refractivity (Wildman–Crippen MR) is 284 cm³/mol. The summed E-state index contributed by atoms with van der Waals surface area (Å²) in [5.41, 5.74) is -0.423. The SMILES string of the molecule is C[C@H](CC[C@]1(O)O[C@H]2C[C@H]3[C@@H]4CC[C@H]5C[C@@H](O[C@@H]6O[C@H](CO)[C@H](O[C@@H]7O[C@H](CO)[C@@H](O)[C@H](O[C@@H]8O[C@H](CO)[C@@H](O)[C@H](O)[C@H]8O)[C@H]7O[C@@H]7O[C@H](CO)[C@@H](O)[C@H](O)[C@H]7O)[C@H](O)[C@H]6O)[C@H](O)C[C@]5(C)[C@H]4CC[C@]3(C)[C@H]2[C@@H]1C)CO[C@@H]1O[C@@H](C)[C@H](O)[C@@H](O)[C@H]1O. The van der Waals surface area contributed by atoms with Crippen molar-refractivity contribution in [2.24, 2.45) is 52.3 Å². The van der Waals surface area contributed by atoms with Crippen molar-refractivity contribution < 1.29 is 144 Å². The summed E-state index contributed by atoms with van der Waals surface area (Å²) in [5.74, 6) is -0.501. The molecule has 10 aliphatic rings. The standard InChI is InChI=1S/C57H96O29/c1-20(19-76-50-43(71)39(67)35(63)22(3)77-50)8-11-57(75)21(2)34-29(86-57)13-26-24-7-6-23-12-28(27(62)14-56(23,5)25(24)9-10-55(26,34)4)78-51-46(74)42(70)47(33(18-61)82-51)83-54-49(85-53-45(73)41(69)37(65)31(16-59)80-53)48(38(66)32(17-60)81-54)84-52-44(72)40(68)36(64)30(15-58)79-52/h20-54,58-75H,6-19H2,1-5H3/t20-,21+,22+,23+,24-,25+,26+,27-,28-,29+,30-,31-,32-,33-,34+,35+,36-,37-,38-,39-,40+,41+,42-,43-,44-,45-,46-,47+,48+,49-,50-,51-,52+,53+,54+,55+,56+,57+/m1/s1. The van der Waals surface area contributed by atoms with Crippen molar-refractivity contribution in [3.8, 4) is 0 Å². The van der Waals surface area contributed by atoms with Gasteiger partial charge in [-0.2, -0.15) is 0 Å². The molecule has 29 heteroatoms. The van der Waals surface area contributed by atoms with E-state index in [9.17, 15) is 91.9 Å². The highest BCUT2D eigenvalue weighted by Crippen LogP contribution is 2.71. The minimum Gasteiger partial charge on any atom is -0.394 e. The van der Waals surface area contributed by atoms with Crippen LogP contribution in [0.5, 0.6) is 0 Å². The van der Waals surface area contributed by atoms with Crippen LogP contribution in [0.2, 0.25) is 0 Å². The van der Waals surface area contributed by atoms with Crippen molar-refractivity contribution in [2.45, 2.75) is 270 Å². The van der Waals surface area contributed by atoms with Crippen molar-refractivity contribution in [1.82, 2.24) is 0 Å². The smallest absolute Gasteiger partial charge is 0.187 e. The molecule has 4 aliphatic carbocycles. The quantitative estimate of drug-likeness (QED) is 0.0568. The Balaban J connectivity index is 0.780. The molecular weight excluding hydrogens is 1150 g/mol. The van der Waals surface area contributed by atoms with Gasteiger partial charge in [0.1, 0.15) is 116 Å². The second-order valence-electron chi connectivity index (χ2n) is 27.2. The second kappa shape index (κ2) is 26.7. The van der Waals surface area contributed by atoms with Crippen LogP contribution in [-0.4, -0.2) is 303 Å². The Bertz CT molecular complexity index is 2210. The largest absolute Gasteiger partial charge is 0.394 e. The van der Waals surface area contributed by atoms with E-state index in [2.05, 4.69) is 20.8 Å². The van der Waals surface area contributed by atoms with Crippen LogP contribution in [0.15, 0.2) is 0 Å². The van der Waals surface area contributed by atoms with Gasteiger partial charge >= 0.3 is 0 Å². The van der Waals surface area contributed by atoms with Crippen LogP contribution in [0.3, 0.4) is 0 Å². The summed E-state index contributed by atoms with van der Waals surface area (Å²) in [5, 5.41) is 195. The Hall–Kier alpha value is -1.16. The summed E-state index contributed by atoms with van der Waals surface area (Å²) >= 11 is 0. The van der Waals surface area contributed by atoms with E-state index in [4.69, 9.17) is 52.1 Å². The second-order valence-corrected chi connectivity index (χ2v) is 27.2. The predicted octanol–water partition coefficient (Wildman–Crippen LogP) is -6.13. The van der Waals surface area contributed by atoms with Gasteiger partial charge in [0.05, 0.1) is 57.5 Å². The van der Waals surface area contributed by atoms with Crippen LogP contribution in [0.25, 0.3) is 0 Å². The molecule has 0 aromatic heterocycles. The molecule has 6 heterocycles. The van der Waals surface area contributed by atoms with E-state index in [-0.39, 0.29) is 53.1 Å². The van der Waals surface area contributed by atoms with E-state index >= 15 is 0 Å². The maximum absolute atomic E-state index is 12.2. The number of rotatable bonds is 18. The zero-order chi connectivity index (χ0) is 62.4. The van der Waals surface area contributed by atoms with Crippen LogP contribution in [-0.2, 0) is 52.1 Å². The first kappa shape index (κ1) is 67.7. The average molecular weight is 1250 g/mol. The summed E-state index contributed by atoms with van der Waals surface area (Å²) < 4.78 is 65.9. The van der Waals surface area contributed by atoms with E-state index in [0.717, 1.165) is 32.1 Å². The summed E-state index contributed by atoms with van der Waals surface area (Å²) in [6.07, 6.45) is -39.3. The monoisotopic (exact) mass is 1240 g/mol. The van der Waals surface area contributed by atoms with Crippen molar-refractivity contribution in [3.05, 3.63) is 0 Å². The molecular formula is C57H96O29. The Morgan fingerprint density at radius 3 is 1.64 bits per heavy atom. The molecule has 498 valence electrons. The summed E-state index contributed by atoms with van der Waals surface area (Å²) in [7, 11) is 0. The fourth-order valence-corrected chi connectivity index (χ4v) is 17.1. The number of aliphatic hydroxyl groups is 18. The molecule has 0 unspecified atom stereocenters. The fraction of sp³-hybridized carbons (Fsp3) is 1.00. The van der Waals surface area contributed by atoms with Crippen molar-refractivity contribution >= 4 is 0 Å². The summed E-state index contributed by atoms with van der Waals surface area (Å²) in [4.78, 5) is 0. The lowest BCUT2D eigenvalue weighted by atomic mass is 9.44. The number of hydrogen-bond donors (Lipinski definition) is 18. The van der Waals surface area contributed by atoms with E-state index in [1.54, 1.807) is 6.92 Å². The fourth-order valence-electron chi connectivity index (χ4n) is 17.1. The lowest BCUT2D eigenvalue weighted by Crippen LogP contribution is -2.69. The van der Waals surface area contributed by atoms with E-state index in [0.29, 0.717) is 37.5 Å². The maximum Gasteiger partial charge on any atom is 0.187 e. The summed E-state index contributed by atoms with van der Waals surface area (Å²) in [6.45, 7) is 6.80.